The summed E-state index contributed by atoms with van der Waals surface area (Å²) in [6.45, 7) is 5.83. The maximum atomic E-state index is 11.3. The van der Waals surface area contributed by atoms with E-state index in [2.05, 4.69) is 20.6 Å². The molecule has 0 aliphatic rings. The minimum Gasteiger partial charge on any atom is -0.495 e. The molecule has 0 spiro atoms. The molecule has 0 bridgehead atoms. The van der Waals surface area contributed by atoms with Gasteiger partial charge < -0.3 is 20.1 Å². The summed E-state index contributed by atoms with van der Waals surface area (Å²) in [5, 5.41) is 5.96. The van der Waals surface area contributed by atoms with Gasteiger partial charge in [0.05, 0.1) is 18.9 Å². The summed E-state index contributed by atoms with van der Waals surface area (Å²) in [5.74, 6) is 1.49. The predicted molar refractivity (Wildman–Crippen MR) is 92.4 cm³/mol. The Balaban J connectivity index is 2.13. The van der Waals surface area contributed by atoms with Crippen LogP contribution in [0.15, 0.2) is 30.6 Å². The normalized spacial score (nSPS) is 10.4. The van der Waals surface area contributed by atoms with Crippen molar-refractivity contribution >= 4 is 17.4 Å². The van der Waals surface area contributed by atoms with Crippen molar-refractivity contribution in [1.29, 1.82) is 0 Å². The molecule has 1 aromatic heterocycles. The fourth-order valence-electron chi connectivity index (χ4n) is 2.09. The first-order valence-corrected chi connectivity index (χ1v) is 7.65. The predicted octanol–water partition coefficient (Wildman–Crippen LogP) is 2.84. The molecule has 2 N–H and O–H groups in total. The van der Waals surface area contributed by atoms with Crippen molar-refractivity contribution in [3.63, 3.8) is 0 Å². The van der Waals surface area contributed by atoms with Crippen LogP contribution in [0.1, 0.15) is 26.3 Å². The molecule has 1 aromatic carbocycles. The quantitative estimate of drug-likeness (QED) is 0.812. The summed E-state index contributed by atoms with van der Waals surface area (Å²) in [4.78, 5) is 19.8. The molecule has 7 nitrogen and oxygen atoms in total. The van der Waals surface area contributed by atoms with Crippen molar-refractivity contribution in [1.82, 2.24) is 9.97 Å². The monoisotopic (exact) mass is 330 g/mol. The van der Waals surface area contributed by atoms with Crippen LogP contribution >= 0.6 is 0 Å². The number of ether oxygens (including phenoxy) is 2. The van der Waals surface area contributed by atoms with Crippen LogP contribution in [0.25, 0.3) is 0 Å². The molecular formula is C17H22N4O3. The number of carbonyl (C=O) groups excluding carboxylic acids is 1. The Morgan fingerprint density at radius 2 is 2.00 bits per heavy atom. The topological polar surface area (TPSA) is 85.4 Å². The van der Waals surface area contributed by atoms with Gasteiger partial charge in [0.1, 0.15) is 5.75 Å². The molecule has 0 radical (unpaired) electrons. The second-order valence-corrected chi connectivity index (χ2v) is 5.45. The third-order valence-electron chi connectivity index (χ3n) is 3.05. The van der Waals surface area contributed by atoms with Crippen LogP contribution < -0.4 is 20.1 Å². The molecule has 0 unspecified atom stereocenters. The third-order valence-corrected chi connectivity index (χ3v) is 3.05. The minimum atomic E-state index is -0.153. The third kappa shape index (κ3) is 4.84. The molecule has 0 atom stereocenters. The zero-order valence-corrected chi connectivity index (χ0v) is 14.3. The fraction of sp³-hybridized carbons (Fsp3) is 0.353. The largest absolute Gasteiger partial charge is 0.495 e. The number of rotatable bonds is 7. The van der Waals surface area contributed by atoms with Gasteiger partial charge in [-0.2, -0.15) is 0 Å². The van der Waals surface area contributed by atoms with E-state index >= 15 is 0 Å². The first-order valence-electron chi connectivity index (χ1n) is 7.65. The molecule has 1 heterocycles. The SMILES string of the molecule is COc1ccc(CNc2nccnc2OC(C)C)cc1NC(C)=O. The average molecular weight is 330 g/mol. The molecule has 0 saturated carbocycles. The van der Waals surface area contributed by atoms with Crippen molar-refractivity contribution < 1.29 is 14.3 Å². The Bertz CT molecular complexity index is 704. The summed E-state index contributed by atoms with van der Waals surface area (Å²) in [6.07, 6.45) is 3.20. The molecule has 2 rings (SSSR count). The van der Waals surface area contributed by atoms with Crippen LogP contribution in [0.5, 0.6) is 11.6 Å². The average Bonchev–Trinajstić information content (AvgIpc) is 2.53. The molecule has 0 saturated heterocycles. The zero-order valence-electron chi connectivity index (χ0n) is 14.3. The summed E-state index contributed by atoms with van der Waals surface area (Å²) >= 11 is 0. The van der Waals surface area contributed by atoms with Crippen LogP contribution in [0.3, 0.4) is 0 Å². The van der Waals surface area contributed by atoms with E-state index in [1.165, 1.54) is 6.92 Å². The van der Waals surface area contributed by atoms with Gasteiger partial charge in [-0.1, -0.05) is 6.07 Å². The smallest absolute Gasteiger partial charge is 0.257 e. The molecule has 0 aliphatic carbocycles. The molecule has 7 heteroatoms. The van der Waals surface area contributed by atoms with Crippen molar-refractivity contribution in [2.75, 3.05) is 17.7 Å². The summed E-state index contributed by atoms with van der Waals surface area (Å²) in [7, 11) is 1.56. The summed E-state index contributed by atoms with van der Waals surface area (Å²) in [5.41, 5.74) is 1.59. The van der Waals surface area contributed by atoms with Gasteiger partial charge in [-0.05, 0) is 31.5 Å². The van der Waals surface area contributed by atoms with E-state index in [-0.39, 0.29) is 12.0 Å². The highest BCUT2D eigenvalue weighted by molar-refractivity contribution is 5.90. The number of carbonyl (C=O) groups is 1. The van der Waals surface area contributed by atoms with Crippen LogP contribution in [0, 0.1) is 0 Å². The number of benzene rings is 1. The second kappa shape index (κ2) is 8.14. The number of aromatic nitrogens is 2. The lowest BCUT2D eigenvalue weighted by Crippen LogP contribution is -2.11. The Morgan fingerprint density at radius 3 is 2.67 bits per heavy atom. The van der Waals surface area contributed by atoms with Gasteiger partial charge in [-0.3, -0.25) is 4.79 Å². The van der Waals surface area contributed by atoms with Gasteiger partial charge in [0.2, 0.25) is 5.91 Å². The van der Waals surface area contributed by atoms with Crippen LogP contribution in [-0.4, -0.2) is 29.1 Å². The number of nitrogens with zero attached hydrogens (tertiary/aromatic N) is 2. The number of amides is 1. The van der Waals surface area contributed by atoms with E-state index in [0.717, 1.165) is 5.56 Å². The molecule has 0 fully saturated rings. The highest BCUT2D eigenvalue weighted by Crippen LogP contribution is 2.26. The maximum absolute atomic E-state index is 11.3. The number of methoxy groups -OCH3 is 1. The first kappa shape index (κ1) is 17.5. The van der Waals surface area contributed by atoms with Crippen molar-refractivity contribution in [3.05, 3.63) is 36.2 Å². The summed E-state index contributed by atoms with van der Waals surface area (Å²) < 4.78 is 10.9. The van der Waals surface area contributed by atoms with E-state index < -0.39 is 0 Å². The van der Waals surface area contributed by atoms with Gasteiger partial charge in [-0.15, -0.1) is 0 Å². The Hall–Kier alpha value is -2.83. The lowest BCUT2D eigenvalue weighted by Gasteiger charge is -2.14. The van der Waals surface area contributed by atoms with Crippen LogP contribution in [-0.2, 0) is 11.3 Å². The van der Waals surface area contributed by atoms with Crippen LogP contribution in [0.4, 0.5) is 11.5 Å². The minimum absolute atomic E-state index is 0.00889. The van der Waals surface area contributed by atoms with Crippen molar-refractivity contribution in [3.8, 4) is 11.6 Å². The van der Waals surface area contributed by atoms with Gasteiger partial charge >= 0.3 is 0 Å². The van der Waals surface area contributed by atoms with Gasteiger partial charge in [0, 0.05) is 25.9 Å². The standard InChI is InChI=1S/C17H22N4O3/c1-11(2)24-17-16(18-7-8-19-17)20-10-13-5-6-15(23-4)14(9-13)21-12(3)22/h5-9,11H,10H2,1-4H3,(H,18,20)(H,21,22). The lowest BCUT2D eigenvalue weighted by atomic mass is 10.2. The van der Waals surface area contributed by atoms with E-state index in [1.54, 1.807) is 19.5 Å². The number of anilines is 2. The number of hydrogen-bond acceptors (Lipinski definition) is 6. The molecule has 128 valence electrons. The van der Waals surface area contributed by atoms with E-state index in [9.17, 15) is 4.79 Å². The van der Waals surface area contributed by atoms with E-state index in [1.807, 2.05) is 32.0 Å². The number of nitrogens with one attached hydrogen (secondary N) is 2. The molecule has 2 aromatic rings. The van der Waals surface area contributed by atoms with E-state index in [0.29, 0.717) is 29.7 Å². The zero-order chi connectivity index (χ0) is 17.5. The molecular weight excluding hydrogens is 308 g/mol. The van der Waals surface area contributed by atoms with Crippen LogP contribution in [0.2, 0.25) is 0 Å². The fourth-order valence-corrected chi connectivity index (χ4v) is 2.09. The lowest BCUT2D eigenvalue weighted by molar-refractivity contribution is -0.114. The van der Waals surface area contributed by atoms with Gasteiger partial charge in [-0.25, -0.2) is 9.97 Å². The Morgan fingerprint density at radius 1 is 1.25 bits per heavy atom. The Kier molecular flexibility index (Phi) is 5.95. The summed E-state index contributed by atoms with van der Waals surface area (Å²) in [6, 6.07) is 5.58. The second-order valence-electron chi connectivity index (χ2n) is 5.45. The molecule has 24 heavy (non-hydrogen) atoms. The Labute approximate surface area is 141 Å². The van der Waals surface area contributed by atoms with Gasteiger partial charge in [0.15, 0.2) is 5.82 Å². The van der Waals surface area contributed by atoms with Crippen molar-refractivity contribution in [2.45, 2.75) is 33.4 Å². The van der Waals surface area contributed by atoms with Crippen molar-refractivity contribution in [2.24, 2.45) is 0 Å². The number of hydrogen-bond donors (Lipinski definition) is 2. The maximum Gasteiger partial charge on any atom is 0.257 e. The molecule has 1 amide bonds. The highest BCUT2D eigenvalue weighted by Gasteiger charge is 2.10. The van der Waals surface area contributed by atoms with E-state index in [4.69, 9.17) is 9.47 Å². The molecule has 0 aliphatic heterocycles. The first-order chi connectivity index (χ1) is 11.5. The highest BCUT2D eigenvalue weighted by atomic mass is 16.5. The van der Waals surface area contributed by atoms with Gasteiger partial charge in [0.25, 0.3) is 5.88 Å².